The Hall–Kier alpha value is -0.160. The lowest BCUT2D eigenvalue weighted by Gasteiger charge is -2.29. The van der Waals surface area contributed by atoms with Crippen molar-refractivity contribution in [1.82, 2.24) is 4.90 Å². The van der Waals surface area contributed by atoms with Crippen molar-refractivity contribution in [2.24, 2.45) is 0 Å². The van der Waals surface area contributed by atoms with E-state index in [9.17, 15) is 0 Å². The molecule has 0 aromatic rings. The fourth-order valence-electron chi connectivity index (χ4n) is 0.391. The SMILES string of the molecule is CC(C)(O)N(CO)CO. The van der Waals surface area contributed by atoms with Crippen molar-refractivity contribution in [2.45, 2.75) is 19.6 Å². The van der Waals surface area contributed by atoms with Gasteiger partial charge in [0.1, 0.15) is 5.72 Å². The zero-order valence-corrected chi connectivity index (χ0v) is 5.70. The van der Waals surface area contributed by atoms with Gasteiger partial charge in [0, 0.05) is 0 Å². The van der Waals surface area contributed by atoms with Gasteiger partial charge in [0.15, 0.2) is 0 Å². The summed E-state index contributed by atoms with van der Waals surface area (Å²) in [5.74, 6) is 0. The number of hydrogen-bond acceptors (Lipinski definition) is 4. The summed E-state index contributed by atoms with van der Waals surface area (Å²) in [6.45, 7) is 2.28. The van der Waals surface area contributed by atoms with Crippen LogP contribution in [0, 0.1) is 0 Å². The molecule has 0 spiro atoms. The molecule has 0 fully saturated rings. The van der Waals surface area contributed by atoms with Crippen molar-refractivity contribution >= 4 is 0 Å². The first-order valence-corrected chi connectivity index (χ1v) is 2.71. The molecule has 0 heterocycles. The van der Waals surface area contributed by atoms with Crippen molar-refractivity contribution in [3.05, 3.63) is 0 Å². The van der Waals surface area contributed by atoms with E-state index in [0.717, 1.165) is 4.90 Å². The molecule has 0 unspecified atom stereocenters. The third-order valence-corrected chi connectivity index (χ3v) is 1.12. The van der Waals surface area contributed by atoms with E-state index >= 15 is 0 Å². The Balaban J connectivity index is 3.79. The molecule has 4 nitrogen and oxygen atoms in total. The highest BCUT2D eigenvalue weighted by atomic mass is 16.4. The monoisotopic (exact) mass is 135 g/mol. The first kappa shape index (κ1) is 8.84. The molecule has 0 bridgehead atoms. The molecule has 3 N–H and O–H groups in total. The molecule has 0 aliphatic carbocycles. The van der Waals surface area contributed by atoms with E-state index < -0.39 is 5.72 Å². The molecule has 0 aromatic carbocycles. The molecule has 0 atom stereocenters. The molecule has 56 valence electrons. The molecule has 0 amide bonds. The van der Waals surface area contributed by atoms with Crippen LogP contribution in [-0.4, -0.2) is 39.4 Å². The van der Waals surface area contributed by atoms with Gasteiger partial charge in [-0.1, -0.05) is 0 Å². The average Bonchev–Trinajstić information content (AvgIpc) is 1.65. The molecule has 0 aromatic heterocycles. The summed E-state index contributed by atoms with van der Waals surface area (Å²) >= 11 is 0. The van der Waals surface area contributed by atoms with E-state index in [1.54, 1.807) is 0 Å². The fourth-order valence-corrected chi connectivity index (χ4v) is 0.391. The van der Waals surface area contributed by atoms with Gasteiger partial charge in [-0.25, -0.2) is 4.90 Å². The molecule has 0 saturated carbocycles. The number of hydrogen-bond donors (Lipinski definition) is 3. The summed E-state index contributed by atoms with van der Waals surface area (Å²) in [6.07, 6.45) is 0. The van der Waals surface area contributed by atoms with Crippen LogP contribution in [0.2, 0.25) is 0 Å². The second-order valence-electron chi connectivity index (χ2n) is 2.32. The van der Waals surface area contributed by atoms with Crippen LogP contribution in [0.15, 0.2) is 0 Å². The van der Waals surface area contributed by atoms with Crippen LogP contribution >= 0.6 is 0 Å². The first-order chi connectivity index (χ1) is 4.02. The Morgan fingerprint density at radius 1 is 1.22 bits per heavy atom. The summed E-state index contributed by atoms with van der Waals surface area (Å²) in [6, 6.07) is 0. The van der Waals surface area contributed by atoms with Gasteiger partial charge in [-0.2, -0.15) is 0 Å². The maximum atomic E-state index is 9.08. The minimum atomic E-state index is -1.15. The van der Waals surface area contributed by atoms with Crippen LogP contribution in [0.3, 0.4) is 0 Å². The Labute approximate surface area is 54.3 Å². The van der Waals surface area contributed by atoms with Gasteiger partial charge < -0.3 is 15.3 Å². The van der Waals surface area contributed by atoms with Crippen LogP contribution in [-0.2, 0) is 0 Å². The molecule has 0 radical (unpaired) electrons. The van der Waals surface area contributed by atoms with Crippen molar-refractivity contribution in [3.63, 3.8) is 0 Å². The number of aliphatic hydroxyl groups excluding tert-OH is 2. The highest BCUT2D eigenvalue weighted by Gasteiger charge is 2.20. The quantitative estimate of drug-likeness (QED) is 0.430. The smallest absolute Gasteiger partial charge is 0.116 e. The minimum Gasteiger partial charge on any atom is -0.381 e. The Morgan fingerprint density at radius 2 is 1.56 bits per heavy atom. The lowest BCUT2D eigenvalue weighted by molar-refractivity contribution is -0.145. The molecule has 9 heavy (non-hydrogen) atoms. The fraction of sp³-hybridized carbons (Fsp3) is 1.00. The van der Waals surface area contributed by atoms with Crippen molar-refractivity contribution in [2.75, 3.05) is 13.5 Å². The molecule has 0 saturated heterocycles. The summed E-state index contributed by atoms with van der Waals surface area (Å²) in [5.41, 5.74) is -1.15. The van der Waals surface area contributed by atoms with Crippen LogP contribution in [0.4, 0.5) is 0 Å². The molecular formula is C5H13NO3. The summed E-state index contributed by atoms with van der Waals surface area (Å²) in [7, 11) is 0. The highest BCUT2D eigenvalue weighted by Crippen LogP contribution is 2.06. The first-order valence-electron chi connectivity index (χ1n) is 2.71. The predicted molar refractivity (Wildman–Crippen MR) is 32.3 cm³/mol. The third kappa shape index (κ3) is 2.76. The van der Waals surface area contributed by atoms with E-state index in [1.165, 1.54) is 13.8 Å². The topological polar surface area (TPSA) is 63.9 Å². The zero-order chi connectivity index (χ0) is 7.49. The molecule has 0 aliphatic rings. The van der Waals surface area contributed by atoms with Crippen molar-refractivity contribution < 1.29 is 15.3 Å². The van der Waals surface area contributed by atoms with E-state index in [1.807, 2.05) is 0 Å². The maximum Gasteiger partial charge on any atom is 0.116 e. The van der Waals surface area contributed by atoms with E-state index in [-0.39, 0.29) is 13.5 Å². The van der Waals surface area contributed by atoms with Crippen LogP contribution < -0.4 is 0 Å². The van der Waals surface area contributed by atoms with Crippen molar-refractivity contribution in [1.29, 1.82) is 0 Å². The van der Waals surface area contributed by atoms with E-state index in [0.29, 0.717) is 0 Å². The molecule has 0 rings (SSSR count). The van der Waals surface area contributed by atoms with Crippen molar-refractivity contribution in [3.8, 4) is 0 Å². The van der Waals surface area contributed by atoms with E-state index in [4.69, 9.17) is 15.3 Å². The third-order valence-electron chi connectivity index (χ3n) is 1.12. The Bertz CT molecular complexity index is 74.8. The second kappa shape index (κ2) is 3.12. The second-order valence-corrected chi connectivity index (χ2v) is 2.32. The Kier molecular flexibility index (Phi) is 3.07. The lowest BCUT2D eigenvalue weighted by atomic mass is 10.3. The normalized spacial score (nSPS) is 12.7. The van der Waals surface area contributed by atoms with Gasteiger partial charge in [-0.15, -0.1) is 0 Å². The summed E-state index contributed by atoms with van der Waals surface area (Å²) < 4.78 is 0. The zero-order valence-electron chi connectivity index (χ0n) is 5.70. The number of aliphatic hydroxyl groups is 3. The van der Waals surface area contributed by atoms with Gasteiger partial charge in [0.2, 0.25) is 0 Å². The number of rotatable bonds is 3. The minimum absolute atomic E-state index is 0.347. The average molecular weight is 135 g/mol. The van der Waals surface area contributed by atoms with Gasteiger partial charge in [-0.05, 0) is 13.8 Å². The van der Waals surface area contributed by atoms with Crippen LogP contribution in [0.5, 0.6) is 0 Å². The van der Waals surface area contributed by atoms with Gasteiger partial charge in [0.05, 0.1) is 13.5 Å². The predicted octanol–water partition coefficient (Wildman–Crippen LogP) is -1.08. The van der Waals surface area contributed by atoms with Crippen LogP contribution in [0.1, 0.15) is 13.8 Å². The van der Waals surface area contributed by atoms with Gasteiger partial charge in [0.25, 0.3) is 0 Å². The maximum absolute atomic E-state index is 9.08. The van der Waals surface area contributed by atoms with Gasteiger partial charge >= 0.3 is 0 Å². The molecular weight excluding hydrogens is 122 g/mol. The number of nitrogens with zero attached hydrogens (tertiary/aromatic N) is 1. The molecule has 4 heteroatoms. The Morgan fingerprint density at radius 3 is 1.56 bits per heavy atom. The summed E-state index contributed by atoms with van der Waals surface area (Å²) in [4.78, 5) is 1.10. The lowest BCUT2D eigenvalue weighted by Crippen LogP contribution is -2.44. The summed E-state index contributed by atoms with van der Waals surface area (Å²) in [5, 5.41) is 26.0. The largest absolute Gasteiger partial charge is 0.381 e. The standard InChI is InChI=1S/C5H13NO3/c1-5(2,9)6(3-7)4-8/h7-9H,3-4H2,1-2H3. The van der Waals surface area contributed by atoms with E-state index in [2.05, 4.69) is 0 Å². The van der Waals surface area contributed by atoms with Gasteiger partial charge in [-0.3, -0.25) is 0 Å². The molecule has 0 aliphatic heterocycles. The van der Waals surface area contributed by atoms with Crippen LogP contribution in [0.25, 0.3) is 0 Å². The highest BCUT2D eigenvalue weighted by molar-refractivity contribution is 4.61.